The minimum atomic E-state index is -4.63. The van der Waals surface area contributed by atoms with Gasteiger partial charge in [-0.1, -0.05) is 257 Å². The van der Waals surface area contributed by atoms with E-state index in [4.69, 9.17) is 18.5 Å². The molecule has 0 aromatic rings. The lowest BCUT2D eigenvalue weighted by Gasteiger charge is -2.28. The molecule has 0 aliphatic carbocycles. The highest BCUT2D eigenvalue weighted by atomic mass is 31.2. The van der Waals surface area contributed by atoms with Crippen molar-refractivity contribution in [3.8, 4) is 0 Å². The largest absolute Gasteiger partial charge is 0.756 e. The first-order valence-corrected chi connectivity index (χ1v) is 30.9. The Morgan fingerprint density at radius 3 is 1.09 bits per heavy atom. The summed E-state index contributed by atoms with van der Waals surface area (Å²) < 4.78 is 34.2. The van der Waals surface area contributed by atoms with Crippen LogP contribution in [0.25, 0.3) is 0 Å². The Hall–Kier alpha value is -1.25. The van der Waals surface area contributed by atoms with Gasteiger partial charge in [0.05, 0.1) is 27.7 Å². The van der Waals surface area contributed by atoms with Crippen LogP contribution in [0.2, 0.25) is 0 Å². The summed E-state index contributed by atoms with van der Waals surface area (Å²) in [4.78, 5) is 37.8. The molecule has 404 valence electrons. The van der Waals surface area contributed by atoms with Crippen LogP contribution in [-0.2, 0) is 32.7 Å². The number of likely N-dealkylation sites (N-methyl/N-ethyl adjacent to an activating group) is 1. The zero-order valence-corrected chi connectivity index (χ0v) is 46.7. The fourth-order valence-electron chi connectivity index (χ4n) is 8.71. The van der Waals surface area contributed by atoms with E-state index in [0.29, 0.717) is 17.4 Å². The van der Waals surface area contributed by atoms with Crippen LogP contribution in [0.5, 0.6) is 0 Å². The van der Waals surface area contributed by atoms with E-state index in [9.17, 15) is 19.0 Å². The fraction of sp³-hybridized carbons (Fsp3) is 0.931. The number of hydrogen-bond donors (Lipinski definition) is 0. The van der Waals surface area contributed by atoms with Crippen LogP contribution in [0, 0.1) is 0 Å². The summed E-state index contributed by atoms with van der Waals surface area (Å²) in [6.07, 6.45) is 58.3. The molecule has 9 nitrogen and oxygen atoms in total. The SMILES string of the molecule is CCCCCCCCC/C=C\CCCCCCCCCC(=O)OC(COC(=O)CCCCCCCCCCCCCCCCCCCCCCCCCCCC)COP(=O)([O-])OCC[N+](C)(C)C. The zero-order valence-electron chi connectivity index (χ0n) is 45.8. The number of carbonyl (C=O) groups excluding carboxylic acids is 2. The van der Waals surface area contributed by atoms with Gasteiger partial charge in [-0.15, -0.1) is 0 Å². The topological polar surface area (TPSA) is 111 Å². The van der Waals surface area contributed by atoms with Crippen LogP contribution in [0.1, 0.15) is 296 Å². The van der Waals surface area contributed by atoms with Gasteiger partial charge in [-0.05, 0) is 38.5 Å². The molecular formula is C58H114NO8P. The van der Waals surface area contributed by atoms with Crippen LogP contribution in [0.4, 0.5) is 0 Å². The first kappa shape index (κ1) is 66.8. The normalized spacial score (nSPS) is 13.3. The molecule has 0 aromatic carbocycles. The van der Waals surface area contributed by atoms with E-state index >= 15 is 0 Å². The summed E-state index contributed by atoms with van der Waals surface area (Å²) in [6, 6.07) is 0. The predicted molar refractivity (Wildman–Crippen MR) is 287 cm³/mol. The van der Waals surface area contributed by atoms with Gasteiger partial charge in [-0.3, -0.25) is 14.2 Å². The maximum atomic E-state index is 12.8. The minimum absolute atomic E-state index is 0.0280. The third-order valence-corrected chi connectivity index (χ3v) is 14.2. The third kappa shape index (κ3) is 54.1. The number of ether oxygens (including phenoxy) is 2. The molecule has 2 atom stereocenters. The fourth-order valence-corrected chi connectivity index (χ4v) is 9.44. The van der Waals surface area contributed by atoms with E-state index in [2.05, 4.69) is 26.0 Å². The van der Waals surface area contributed by atoms with Gasteiger partial charge in [-0.25, -0.2) is 0 Å². The van der Waals surface area contributed by atoms with Crippen LogP contribution >= 0.6 is 7.82 Å². The maximum Gasteiger partial charge on any atom is 0.306 e. The van der Waals surface area contributed by atoms with Crippen molar-refractivity contribution in [1.29, 1.82) is 0 Å². The van der Waals surface area contributed by atoms with Gasteiger partial charge in [0, 0.05) is 12.8 Å². The van der Waals surface area contributed by atoms with Gasteiger partial charge in [-0.2, -0.15) is 0 Å². The maximum absolute atomic E-state index is 12.8. The average molecular weight is 985 g/mol. The molecule has 0 rings (SSSR count). The first-order chi connectivity index (χ1) is 33.0. The molecule has 0 amide bonds. The van der Waals surface area contributed by atoms with Crippen molar-refractivity contribution in [3.63, 3.8) is 0 Å². The van der Waals surface area contributed by atoms with E-state index < -0.39 is 26.5 Å². The van der Waals surface area contributed by atoms with Gasteiger partial charge >= 0.3 is 11.9 Å². The number of allylic oxidation sites excluding steroid dienone is 2. The number of esters is 2. The van der Waals surface area contributed by atoms with E-state index in [1.54, 1.807) is 0 Å². The number of phosphoric acid groups is 1. The van der Waals surface area contributed by atoms with Crippen molar-refractivity contribution in [1.82, 2.24) is 0 Å². The molecule has 0 aliphatic rings. The van der Waals surface area contributed by atoms with Crippen molar-refractivity contribution in [3.05, 3.63) is 12.2 Å². The van der Waals surface area contributed by atoms with Crippen LogP contribution in [-0.4, -0.2) is 70.0 Å². The number of carbonyl (C=O) groups is 2. The molecule has 0 saturated heterocycles. The number of phosphoric ester groups is 1. The Morgan fingerprint density at radius 1 is 0.441 bits per heavy atom. The lowest BCUT2D eigenvalue weighted by atomic mass is 10.0. The Kier molecular flexibility index (Phi) is 49.8. The molecule has 0 N–H and O–H groups in total. The molecule has 68 heavy (non-hydrogen) atoms. The summed E-state index contributed by atoms with van der Waals surface area (Å²) in [6.45, 7) is 4.29. The molecule has 0 bridgehead atoms. The van der Waals surface area contributed by atoms with Crippen molar-refractivity contribution < 1.29 is 42.1 Å². The first-order valence-electron chi connectivity index (χ1n) is 29.4. The summed E-state index contributed by atoms with van der Waals surface area (Å²) >= 11 is 0. The Morgan fingerprint density at radius 2 is 0.750 bits per heavy atom. The second-order valence-corrected chi connectivity index (χ2v) is 22.8. The Labute approximate surface area is 422 Å². The second kappa shape index (κ2) is 50.7. The van der Waals surface area contributed by atoms with Crippen molar-refractivity contribution >= 4 is 19.8 Å². The highest BCUT2D eigenvalue weighted by Crippen LogP contribution is 2.38. The average Bonchev–Trinajstić information content (AvgIpc) is 3.30. The van der Waals surface area contributed by atoms with E-state index in [-0.39, 0.29) is 32.0 Å². The summed E-state index contributed by atoms with van der Waals surface area (Å²) in [5, 5.41) is 0. The smallest absolute Gasteiger partial charge is 0.306 e. The molecule has 0 heterocycles. The molecule has 0 saturated carbocycles. The summed E-state index contributed by atoms with van der Waals surface area (Å²) in [5.74, 6) is -0.820. The highest BCUT2D eigenvalue weighted by molar-refractivity contribution is 7.45. The monoisotopic (exact) mass is 984 g/mol. The molecule has 0 spiro atoms. The molecule has 0 radical (unpaired) electrons. The molecule has 10 heteroatoms. The number of rotatable bonds is 55. The molecule has 0 aliphatic heterocycles. The number of unbranched alkanes of at least 4 members (excludes halogenated alkanes) is 39. The van der Waals surface area contributed by atoms with Crippen molar-refractivity contribution in [2.45, 2.75) is 302 Å². The standard InChI is InChI=1S/C58H114NO8P/c1-6-8-10-12-14-16-18-20-22-24-26-27-28-29-30-31-32-33-35-36-38-40-42-44-46-48-50-57(60)64-54-56(55-66-68(62,63)65-53-52-59(3,4)5)67-58(61)51-49-47-45-43-41-39-37-34-25-23-21-19-17-15-13-11-9-7-2/h23,25,56H,6-22,24,26-55H2,1-5H3/b25-23-. The molecular weight excluding hydrogens is 870 g/mol. The Bertz CT molecular complexity index is 1160. The molecule has 0 aromatic heterocycles. The summed E-state index contributed by atoms with van der Waals surface area (Å²) in [5.41, 5.74) is 0. The van der Waals surface area contributed by atoms with Crippen LogP contribution in [0.3, 0.4) is 0 Å². The van der Waals surface area contributed by atoms with Gasteiger partial charge in [0.1, 0.15) is 19.8 Å². The van der Waals surface area contributed by atoms with Crippen molar-refractivity contribution in [2.24, 2.45) is 0 Å². The third-order valence-electron chi connectivity index (χ3n) is 13.3. The van der Waals surface area contributed by atoms with Crippen molar-refractivity contribution in [2.75, 3.05) is 47.5 Å². The lowest BCUT2D eigenvalue weighted by molar-refractivity contribution is -0.870. The zero-order chi connectivity index (χ0) is 49.9. The predicted octanol–water partition coefficient (Wildman–Crippen LogP) is 17.4. The van der Waals surface area contributed by atoms with Crippen LogP contribution < -0.4 is 4.89 Å². The Balaban J connectivity index is 4.08. The number of quaternary nitrogens is 1. The lowest BCUT2D eigenvalue weighted by Crippen LogP contribution is -2.37. The molecule has 0 fully saturated rings. The number of hydrogen-bond acceptors (Lipinski definition) is 8. The summed E-state index contributed by atoms with van der Waals surface area (Å²) in [7, 11) is 1.18. The van der Waals surface area contributed by atoms with Gasteiger partial charge < -0.3 is 27.9 Å². The minimum Gasteiger partial charge on any atom is -0.756 e. The molecule has 2 unspecified atom stereocenters. The van der Waals surface area contributed by atoms with Gasteiger partial charge in [0.15, 0.2) is 6.10 Å². The van der Waals surface area contributed by atoms with E-state index in [0.717, 1.165) is 44.9 Å². The van der Waals surface area contributed by atoms with E-state index in [1.807, 2.05) is 21.1 Å². The second-order valence-electron chi connectivity index (χ2n) is 21.4. The van der Waals surface area contributed by atoms with Crippen LogP contribution in [0.15, 0.2) is 12.2 Å². The highest BCUT2D eigenvalue weighted by Gasteiger charge is 2.22. The van der Waals surface area contributed by atoms with Gasteiger partial charge in [0.2, 0.25) is 0 Å². The van der Waals surface area contributed by atoms with Gasteiger partial charge in [0.25, 0.3) is 7.82 Å². The number of nitrogens with zero attached hydrogens (tertiary/aromatic N) is 1. The van der Waals surface area contributed by atoms with E-state index in [1.165, 1.54) is 218 Å². The quantitative estimate of drug-likeness (QED) is 0.0195.